The number of aromatic nitrogens is 2. The summed E-state index contributed by atoms with van der Waals surface area (Å²) in [7, 11) is 4.44. The van der Waals surface area contributed by atoms with Crippen molar-refractivity contribution in [2.24, 2.45) is 0 Å². The second-order valence-electron chi connectivity index (χ2n) is 7.08. The molecule has 0 spiro atoms. The number of alkyl halides is 3. The Kier molecular flexibility index (Phi) is 8.02. The molecule has 0 atom stereocenters. The van der Waals surface area contributed by atoms with Crippen LogP contribution in [0.15, 0.2) is 34.9 Å². The molecule has 2 aromatic heterocycles. The first-order valence-corrected chi connectivity index (χ1v) is 10.4. The summed E-state index contributed by atoms with van der Waals surface area (Å²) >= 11 is 0. The normalized spacial score (nSPS) is 11.1. The number of methoxy groups -OCH3 is 3. The zero-order chi connectivity index (χ0) is 26.5. The fourth-order valence-electron chi connectivity index (χ4n) is 3.20. The highest BCUT2D eigenvalue weighted by atomic mass is 19.4. The summed E-state index contributed by atoms with van der Waals surface area (Å²) < 4.78 is 66.4. The van der Waals surface area contributed by atoms with E-state index in [-0.39, 0.29) is 18.8 Å². The summed E-state index contributed by atoms with van der Waals surface area (Å²) in [6.07, 6.45) is -4.18. The standard InChI is InChI=1S/C23H22F3N3O7/c1-5-35-21(31)15-11-27-22(28-19(15)23(24,25)26)29-20(30)16-7-6-12(36-16)8-14-17(33-3)9-13(32-2)10-18(14)34-4/h6-7,9-11H,5,8H2,1-4H3,(H,27,28,29,30). The number of halogens is 3. The summed E-state index contributed by atoms with van der Waals surface area (Å²) in [5.74, 6) is -1.23. The van der Waals surface area contributed by atoms with Gasteiger partial charge in [0.1, 0.15) is 28.6 Å². The SMILES string of the molecule is CCOC(=O)c1cnc(NC(=O)c2ccc(Cc3c(OC)cc(OC)cc3OC)o2)nc1C(F)(F)F. The highest BCUT2D eigenvalue weighted by molar-refractivity contribution is 6.01. The molecule has 0 bridgehead atoms. The zero-order valence-corrected chi connectivity index (χ0v) is 19.7. The van der Waals surface area contributed by atoms with Gasteiger partial charge in [0.2, 0.25) is 5.95 Å². The van der Waals surface area contributed by atoms with E-state index in [2.05, 4.69) is 20.0 Å². The van der Waals surface area contributed by atoms with E-state index in [0.717, 1.165) is 0 Å². The first kappa shape index (κ1) is 26.3. The number of amides is 1. The van der Waals surface area contributed by atoms with Crippen LogP contribution in [0.1, 0.15) is 44.9 Å². The molecule has 1 aromatic carbocycles. The monoisotopic (exact) mass is 509 g/mol. The van der Waals surface area contributed by atoms with Crippen LogP contribution in [0.5, 0.6) is 17.2 Å². The Balaban J connectivity index is 1.82. The Morgan fingerprint density at radius 1 is 1.06 bits per heavy atom. The maximum atomic E-state index is 13.4. The van der Waals surface area contributed by atoms with E-state index in [1.165, 1.54) is 40.4 Å². The number of furan rings is 1. The van der Waals surface area contributed by atoms with Gasteiger partial charge < -0.3 is 23.4 Å². The fourth-order valence-corrected chi connectivity index (χ4v) is 3.20. The minimum Gasteiger partial charge on any atom is -0.496 e. The third kappa shape index (κ3) is 5.85. The lowest BCUT2D eigenvalue weighted by molar-refractivity contribution is -0.141. The molecule has 0 aliphatic heterocycles. The first-order chi connectivity index (χ1) is 17.1. The minimum absolute atomic E-state index is 0.135. The van der Waals surface area contributed by atoms with Gasteiger partial charge in [0, 0.05) is 30.3 Å². The molecular weight excluding hydrogens is 487 g/mol. The highest BCUT2D eigenvalue weighted by Crippen LogP contribution is 2.36. The number of ether oxygens (including phenoxy) is 4. The Labute approximate surface area is 203 Å². The maximum absolute atomic E-state index is 13.4. The molecule has 0 radical (unpaired) electrons. The van der Waals surface area contributed by atoms with Crippen LogP contribution in [0.3, 0.4) is 0 Å². The van der Waals surface area contributed by atoms with Crippen LogP contribution in [0, 0.1) is 0 Å². The average molecular weight is 509 g/mol. The van der Waals surface area contributed by atoms with Crippen LogP contribution < -0.4 is 19.5 Å². The zero-order valence-electron chi connectivity index (χ0n) is 19.7. The van der Waals surface area contributed by atoms with E-state index in [1.54, 1.807) is 12.1 Å². The van der Waals surface area contributed by atoms with E-state index in [1.807, 2.05) is 0 Å². The molecule has 10 nitrogen and oxygen atoms in total. The second kappa shape index (κ2) is 11.0. The van der Waals surface area contributed by atoms with Crippen molar-refractivity contribution in [2.45, 2.75) is 19.5 Å². The summed E-state index contributed by atoms with van der Waals surface area (Å²) in [5, 5.41) is 2.13. The molecule has 0 saturated carbocycles. The second-order valence-corrected chi connectivity index (χ2v) is 7.08. The molecule has 36 heavy (non-hydrogen) atoms. The van der Waals surface area contributed by atoms with Crippen LogP contribution in [0.4, 0.5) is 19.1 Å². The maximum Gasteiger partial charge on any atom is 0.434 e. The number of nitrogens with zero attached hydrogens (tertiary/aromatic N) is 2. The van der Waals surface area contributed by atoms with Gasteiger partial charge in [0.05, 0.1) is 27.9 Å². The number of hydrogen-bond acceptors (Lipinski definition) is 9. The van der Waals surface area contributed by atoms with Crippen LogP contribution in [0.2, 0.25) is 0 Å². The summed E-state index contributed by atoms with van der Waals surface area (Å²) in [4.78, 5) is 31.3. The lowest BCUT2D eigenvalue weighted by atomic mass is 10.1. The van der Waals surface area contributed by atoms with Crippen molar-refractivity contribution < 1.29 is 46.1 Å². The number of esters is 1. The Morgan fingerprint density at radius 3 is 2.28 bits per heavy atom. The fraction of sp³-hybridized carbons (Fsp3) is 0.304. The van der Waals surface area contributed by atoms with Crippen molar-refractivity contribution in [1.29, 1.82) is 0 Å². The molecule has 3 aromatic rings. The molecule has 0 saturated heterocycles. The number of carbonyl (C=O) groups is 2. The van der Waals surface area contributed by atoms with Crippen molar-refractivity contribution in [1.82, 2.24) is 9.97 Å². The average Bonchev–Trinajstić information content (AvgIpc) is 3.32. The molecule has 1 amide bonds. The predicted molar refractivity (Wildman–Crippen MR) is 119 cm³/mol. The Morgan fingerprint density at radius 2 is 1.72 bits per heavy atom. The van der Waals surface area contributed by atoms with Crippen LogP contribution in [-0.4, -0.2) is 49.8 Å². The molecule has 0 aliphatic carbocycles. The molecule has 2 heterocycles. The van der Waals surface area contributed by atoms with Gasteiger partial charge in [-0.05, 0) is 19.1 Å². The van der Waals surface area contributed by atoms with Crippen molar-refractivity contribution in [3.05, 3.63) is 58.8 Å². The number of rotatable bonds is 9. The van der Waals surface area contributed by atoms with E-state index in [0.29, 0.717) is 34.8 Å². The third-order valence-corrected chi connectivity index (χ3v) is 4.83. The molecule has 192 valence electrons. The van der Waals surface area contributed by atoms with Crippen LogP contribution >= 0.6 is 0 Å². The first-order valence-electron chi connectivity index (χ1n) is 10.4. The van der Waals surface area contributed by atoms with E-state index in [4.69, 9.17) is 18.6 Å². The van der Waals surface area contributed by atoms with Gasteiger partial charge in [-0.15, -0.1) is 0 Å². The largest absolute Gasteiger partial charge is 0.496 e. The Hall–Kier alpha value is -4.29. The summed E-state index contributed by atoms with van der Waals surface area (Å²) in [6, 6.07) is 6.17. The molecule has 0 unspecified atom stereocenters. The van der Waals surface area contributed by atoms with Gasteiger partial charge in [0.25, 0.3) is 5.91 Å². The van der Waals surface area contributed by atoms with Crippen molar-refractivity contribution in [3.63, 3.8) is 0 Å². The molecule has 0 aliphatic rings. The summed E-state index contributed by atoms with van der Waals surface area (Å²) in [6.45, 7) is 1.31. The number of nitrogens with one attached hydrogen (secondary N) is 1. The molecule has 1 N–H and O–H groups in total. The number of carbonyl (C=O) groups excluding carboxylic acids is 2. The smallest absolute Gasteiger partial charge is 0.434 e. The quantitative estimate of drug-likeness (QED) is 0.424. The highest BCUT2D eigenvalue weighted by Gasteiger charge is 2.38. The minimum atomic E-state index is -4.99. The van der Waals surface area contributed by atoms with Gasteiger partial charge in [-0.3, -0.25) is 10.1 Å². The van der Waals surface area contributed by atoms with E-state index < -0.39 is 35.3 Å². The molecular formula is C23H22F3N3O7. The molecule has 0 fully saturated rings. The van der Waals surface area contributed by atoms with Crippen molar-refractivity contribution >= 4 is 17.8 Å². The lowest BCUT2D eigenvalue weighted by Gasteiger charge is -2.14. The predicted octanol–water partition coefficient (Wildman–Crippen LogP) is 4.13. The van der Waals surface area contributed by atoms with Gasteiger partial charge in [-0.1, -0.05) is 0 Å². The van der Waals surface area contributed by atoms with Gasteiger partial charge in [0.15, 0.2) is 11.5 Å². The number of anilines is 1. The van der Waals surface area contributed by atoms with Gasteiger partial charge in [-0.2, -0.15) is 13.2 Å². The lowest BCUT2D eigenvalue weighted by Crippen LogP contribution is -2.21. The van der Waals surface area contributed by atoms with Crippen LogP contribution in [0.25, 0.3) is 0 Å². The van der Waals surface area contributed by atoms with Gasteiger partial charge >= 0.3 is 12.1 Å². The number of hydrogen-bond donors (Lipinski definition) is 1. The van der Waals surface area contributed by atoms with Gasteiger partial charge in [-0.25, -0.2) is 14.8 Å². The van der Waals surface area contributed by atoms with Crippen molar-refractivity contribution in [2.75, 3.05) is 33.3 Å². The number of benzene rings is 1. The van der Waals surface area contributed by atoms with Crippen LogP contribution in [-0.2, 0) is 17.3 Å². The third-order valence-electron chi connectivity index (χ3n) is 4.83. The molecule has 3 rings (SSSR count). The Bertz CT molecular complexity index is 1230. The van der Waals surface area contributed by atoms with Crippen molar-refractivity contribution in [3.8, 4) is 17.2 Å². The van der Waals surface area contributed by atoms with E-state index in [9.17, 15) is 22.8 Å². The van der Waals surface area contributed by atoms with E-state index >= 15 is 0 Å². The molecule has 13 heteroatoms. The topological polar surface area (TPSA) is 122 Å². The summed E-state index contributed by atoms with van der Waals surface area (Å²) in [5.41, 5.74) is -1.79.